The molecule has 0 aromatic heterocycles. The number of hydrogen-bond acceptors (Lipinski definition) is 3. The summed E-state index contributed by atoms with van der Waals surface area (Å²) in [6.07, 6.45) is 0. The molecule has 2 heterocycles. The quantitative estimate of drug-likeness (QED) is 0.698. The van der Waals surface area contributed by atoms with E-state index in [-0.39, 0.29) is 5.91 Å². The van der Waals surface area contributed by atoms with Gasteiger partial charge in [-0.05, 0) is 23.8 Å². The number of rotatable bonds is 6. The van der Waals surface area contributed by atoms with E-state index in [2.05, 4.69) is 24.3 Å². The van der Waals surface area contributed by atoms with Gasteiger partial charge in [0.15, 0.2) is 18.0 Å². The van der Waals surface area contributed by atoms with Crippen molar-refractivity contribution in [3.05, 3.63) is 59.7 Å². The second-order valence-corrected chi connectivity index (χ2v) is 7.78. The van der Waals surface area contributed by atoms with Gasteiger partial charge < -0.3 is 24.2 Å². The minimum atomic E-state index is 0.220. The van der Waals surface area contributed by atoms with E-state index < -0.39 is 0 Å². The van der Waals surface area contributed by atoms with Crippen LogP contribution in [0.3, 0.4) is 0 Å². The van der Waals surface area contributed by atoms with Gasteiger partial charge in [0, 0.05) is 19.2 Å². The lowest BCUT2D eigenvalue weighted by Crippen LogP contribution is -3.28. The van der Waals surface area contributed by atoms with Crippen LogP contribution in [0.25, 0.3) is 0 Å². The molecule has 2 aliphatic heterocycles. The molecule has 0 saturated carbocycles. The highest BCUT2D eigenvalue weighted by Crippen LogP contribution is 2.32. The van der Waals surface area contributed by atoms with Crippen LogP contribution in [0.4, 0.5) is 0 Å². The molecule has 2 aromatic rings. The number of ether oxygens (including phenoxy) is 2. The maximum atomic E-state index is 12.6. The number of nitrogens with one attached hydrogen (secondary N) is 2. The average molecular weight is 383 g/mol. The van der Waals surface area contributed by atoms with E-state index in [4.69, 9.17) is 9.47 Å². The molecule has 4 rings (SSSR count). The van der Waals surface area contributed by atoms with Crippen LogP contribution in [0.1, 0.15) is 11.1 Å². The third-order valence-electron chi connectivity index (χ3n) is 5.64. The Hall–Kier alpha value is -2.57. The molecular formula is C22H29N3O3+2. The molecule has 0 spiro atoms. The minimum absolute atomic E-state index is 0.220. The number of amides is 1. The third kappa shape index (κ3) is 4.64. The molecule has 1 fully saturated rings. The number of carbonyl (C=O) groups excluding carboxylic acids is 1. The van der Waals surface area contributed by atoms with Crippen LogP contribution in [0.2, 0.25) is 0 Å². The van der Waals surface area contributed by atoms with Gasteiger partial charge in [0.05, 0.1) is 0 Å². The van der Waals surface area contributed by atoms with E-state index in [9.17, 15) is 4.79 Å². The van der Waals surface area contributed by atoms with Crippen molar-refractivity contribution in [1.82, 2.24) is 4.90 Å². The predicted octanol–water partition coefficient (Wildman–Crippen LogP) is -0.643. The fourth-order valence-electron chi connectivity index (χ4n) is 3.94. The Morgan fingerprint density at radius 3 is 2.43 bits per heavy atom. The fraction of sp³-hybridized carbons (Fsp3) is 0.409. The fourth-order valence-corrected chi connectivity index (χ4v) is 3.94. The standard InChI is InChI=1S/C22H27N3O3/c1-23(14-18-5-3-2-4-6-18)22(26)16-25-11-9-24(10-12-25)15-19-7-8-20-21(13-19)28-17-27-20/h2-8,13H,9-12,14-17H2,1H3/p+2. The lowest BCUT2D eigenvalue weighted by Gasteiger charge is -2.30. The summed E-state index contributed by atoms with van der Waals surface area (Å²) >= 11 is 0. The predicted molar refractivity (Wildman–Crippen MR) is 105 cm³/mol. The maximum Gasteiger partial charge on any atom is 0.277 e. The number of benzene rings is 2. The second-order valence-electron chi connectivity index (χ2n) is 7.78. The molecular weight excluding hydrogens is 354 g/mol. The first-order chi connectivity index (χ1) is 13.7. The number of likely N-dealkylation sites (N-methyl/N-ethyl adjacent to an activating group) is 1. The van der Waals surface area contributed by atoms with Crippen molar-refractivity contribution in [2.24, 2.45) is 0 Å². The lowest BCUT2D eigenvalue weighted by molar-refractivity contribution is -1.02. The lowest BCUT2D eigenvalue weighted by atomic mass is 10.1. The van der Waals surface area contributed by atoms with E-state index >= 15 is 0 Å². The van der Waals surface area contributed by atoms with Crippen molar-refractivity contribution in [1.29, 1.82) is 0 Å². The summed E-state index contributed by atoms with van der Waals surface area (Å²) in [5.41, 5.74) is 2.45. The van der Waals surface area contributed by atoms with Crippen LogP contribution in [0, 0.1) is 0 Å². The molecule has 0 bridgehead atoms. The summed E-state index contributed by atoms with van der Waals surface area (Å²) < 4.78 is 10.9. The molecule has 1 amide bonds. The van der Waals surface area contributed by atoms with Crippen molar-refractivity contribution >= 4 is 5.91 Å². The molecule has 2 N–H and O–H groups in total. The molecule has 0 atom stereocenters. The van der Waals surface area contributed by atoms with Gasteiger partial charge in [-0.3, -0.25) is 4.79 Å². The zero-order valence-corrected chi connectivity index (χ0v) is 16.4. The summed E-state index contributed by atoms with van der Waals surface area (Å²) in [5, 5.41) is 0. The molecule has 28 heavy (non-hydrogen) atoms. The van der Waals surface area contributed by atoms with Gasteiger partial charge in [0.2, 0.25) is 6.79 Å². The van der Waals surface area contributed by atoms with Crippen molar-refractivity contribution in [2.75, 3.05) is 46.6 Å². The monoisotopic (exact) mass is 383 g/mol. The number of piperazine rings is 1. The summed E-state index contributed by atoms with van der Waals surface area (Å²) in [5.74, 6) is 1.91. The molecule has 2 aromatic carbocycles. The van der Waals surface area contributed by atoms with Gasteiger partial charge in [-0.25, -0.2) is 0 Å². The third-order valence-corrected chi connectivity index (χ3v) is 5.64. The summed E-state index contributed by atoms with van der Waals surface area (Å²) in [6, 6.07) is 16.4. The van der Waals surface area contributed by atoms with Crippen molar-refractivity contribution in [2.45, 2.75) is 13.1 Å². The number of carbonyl (C=O) groups is 1. The van der Waals surface area contributed by atoms with E-state index in [1.165, 1.54) is 16.0 Å². The van der Waals surface area contributed by atoms with Gasteiger partial charge in [-0.2, -0.15) is 0 Å². The second kappa shape index (κ2) is 8.63. The molecule has 1 saturated heterocycles. The van der Waals surface area contributed by atoms with Gasteiger partial charge in [0.25, 0.3) is 5.91 Å². The number of hydrogen-bond donors (Lipinski definition) is 2. The molecule has 148 valence electrons. The topological polar surface area (TPSA) is 47.7 Å². The van der Waals surface area contributed by atoms with Gasteiger partial charge >= 0.3 is 0 Å². The number of fused-ring (bicyclic) bond motifs is 1. The van der Waals surface area contributed by atoms with Crippen molar-refractivity contribution in [3.63, 3.8) is 0 Å². The Balaban J connectivity index is 1.22. The first-order valence-corrected chi connectivity index (χ1v) is 10.0. The van der Waals surface area contributed by atoms with Crippen LogP contribution < -0.4 is 19.3 Å². The zero-order valence-electron chi connectivity index (χ0n) is 16.4. The first-order valence-electron chi connectivity index (χ1n) is 10.0. The van der Waals surface area contributed by atoms with Crippen LogP contribution in [0.15, 0.2) is 48.5 Å². The smallest absolute Gasteiger partial charge is 0.277 e. The highest BCUT2D eigenvalue weighted by molar-refractivity contribution is 5.76. The highest BCUT2D eigenvalue weighted by atomic mass is 16.7. The largest absolute Gasteiger partial charge is 0.454 e. The molecule has 0 aliphatic carbocycles. The normalized spacial score (nSPS) is 20.8. The van der Waals surface area contributed by atoms with E-state index in [0.29, 0.717) is 19.9 Å². The summed E-state index contributed by atoms with van der Waals surface area (Å²) in [7, 11) is 1.90. The Morgan fingerprint density at radius 2 is 1.64 bits per heavy atom. The van der Waals surface area contributed by atoms with Crippen LogP contribution in [-0.4, -0.2) is 57.4 Å². The Kier molecular flexibility index (Phi) is 5.78. The van der Waals surface area contributed by atoms with E-state index in [0.717, 1.165) is 44.2 Å². The summed E-state index contributed by atoms with van der Waals surface area (Å²) in [6.45, 7) is 6.80. The van der Waals surface area contributed by atoms with Crippen LogP contribution in [0.5, 0.6) is 11.5 Å². The Morgan fingerprint density at radius 1 is 0.929 bits per heavy atom. The van der Waals surface area contributed by atoms with Crippen LogP contribution in [-0.2, 0) is 17.9 Å². The molecule has 6 heteroatoms. The molecule has 0 radical (unpaired) electrons. The number of nitrogens with zero attached hydrogens (tertiary/aromatic N) is 1. The molecule has 2 aliphatic rings. The first kappa shape index (κ1) is 18.8. The maximum absolute atomic E-state index is 12.6. The van der Waals surface area contributed by atoms with Crippen molar-refractivity contribution in [3.8, 4) is 11.5 Å². The minimum Gasteiger partial charge on any atom is -0.454 e. The molecule has 0 unspecified atom stereocenters. The Labute approximate surface area is 166 Å². The number of quaternary nitrogens is 2. The summed E-state index contributed by atoms with van der Waals surface area (Å²) in [4.78, 5) is 17.4. The SMILES string of the molecule is CN(Cc1ccccc1)C(=O)C[NH+]1CC[NH+](Cc2ccc3c(c2)OCO3)CC1. The van der Waals surface area contributed by atoms with Crippen LogP contribution >= 0.6 is 0 Å². The van der Waals surface area contributed by atoms with E-state index in [1.54, 1.807) is 4.90 Å². The van der Waals surface area contributed by atoms with Gasteiger partial charge in [-0.15, -0.1) is 0 Å². The van der Waals surface area contributed by atoms with E-state index in [1.807, 2.05) is 36.2 Å². The van der Waals surface area contributed by atoms with Gasteiger partial charge in [-0.1, -0.05) is 30.3 Å². The highest BCUT2D eigenvalue weighted by Gasteiger charge is 2.26. The van der Waals surface area contributed by atoms with Gasteiger partial charge in [0.1, 0.15) is 32.7 Å². The average Bonchev–Trinajstić information content (AvgIpc) is 3.18. The Bertz CT molecular complexity index is 804. The molecule has 6 nitrogen and oxygen atoms in total. The zero-order chi connectivity index (χ0) is 19.3. The van der Waals surface area contributed by atoms with Crippen molar-refractivity contribution < 1.29 is 24.1 Å².